The summed E-state index contributed by atoms with van der Waals surface area (Å²) in [6.45, 7) is -5.66. The summed E-state index contributed by atoms with van der Waals surface area (Å²) in [5.74, 6) is 0.0477. The zero-order chi connectivity index (χ0) is 31.0. The summed E-state index contributed by atoms with van der Waals surface area (Å²) in [5.41, 5.74) is 13.0. The minimum atomic E-state index is -4.60. The SMILES string of the molecule is [B]P1(=O)OC[C@H]2O[C@@H](n3cnc4c(N)ccnc43)[C@H](OP(O)(=S)OC[C@H]3O[C@@H](n4cnc5c(N)ncnc54)[C@H](F)[C@@H]3O1)[C@H]2F. The number of alkyl halides is 2. The van der Waals surface area contributed by atoms with Crippen molar-refractivity contribution in [2.75, 3.05) is 24.7 Å². The third-order valence-electron chi connectivity index (χ3n) is 7.30. The zero-order valence-electron chi connectivity index (χ0n) is 22.1. The van der Waals surface area contributed by atoms with Gasteiger partial charge in [0, 0.05) is 6.20 Å². The van der Waals surface area contributed by atoms with Crippen molar-refractivity contribution in [1.29, 1.82) is 0 Å². The molecule has 44 heavy (non-hydrogen) atoms. The minimum absolute atomic E-state index is 0.0477. The van der Waals surface area contributed by atoms with E-state index in [0.717, 1.165) is 6.33 Å². The number of nitrogen functional groups attached to an aromatic ring is 2. The summed E-state index contributed by atoms with van der Waals surface area (Å²) in [4.78, 5) is 31.5. The summed E-state index contributed by atoms with van der Waals surface area (Å²) >= 11 is 5.19. The van der Waals surface area contributed by atoms with Crippen LogP contribution in [0.4, 0.5) is 20.3 Å². The van der Waals surface area contributed by atoms with E-state index in [1.54, 1.807) is 0 Å². The predicted octanol–water partition coefficient (Wildman–Crippen LogP) is 1.22. The van der Waals surface area contributed by atoms with Gasteiger partial charge in [-0.2, -0.15) is 0 Å². The highest BCUT2D eigenvalue weighted by Crippen LogP contribution is 2.54. The molecule has 3 aliphatic rings. The van der Waals surface area contributed by atoms with Gasteiger partial charge in [-0.25, -0.2) is 33.7 Å². The molecule has 2 radical (unpaired) electrons. The van der Waals surface area contributed by atoms with E-state index in [2.05, 4.69) is 24.9 Å². The fourth-order valence-corrected chi connectivity index (χ4v) is 7.68. The molecule has 2 bridgehead atoms. The van der Waals surface area contributed by atoms with Crippen LogP contribution in [0.3, 0.4) is 0 Å². The molecule has 7 heterocycles. The van der Waals surface area contributed by atoms with Crippen LogP contribution in [0, 0.1) is 0 Å². The fourth-order valence-electron chi connectivity index (χ4n) is 5.27. The topological polar surface area (TPSA) is 219 Å². The first-order valence-electron chi connectivity index (χ1n) is 12.9. The van der Waals surface area contributed by atoms with Crippen LogP contribution in [0.5, 0.6) is 0 Å². The number of fused-ring (bicyclic) bond motifs is 5. The molecule has 0 aromatic carbocycles. The van der Waals surface area contributed by atoms with Crippen LogP contribution >= 0.6 is 14.2 Å². The number of anilines is 2. The number of nitrogens with zero attached hydrogens (tertiary/aromatic N) is 7. The Bertz CT molecular complexity index is 1840. The summed E-state index contributed by atoms with van der Waals surface area (Å²) in [6, 6.07) is 1.53. The van der Waals surface area contributed by atoms with Gasteiger partial charge in [0.2, 0.25) is 7.57 Å². The van der Waals surface area contributed by atoms with E-state index < -0.39 is 76.6 Å². The number of rotatable bonds is 2. The summed E-state index contributed by atoms with van der Waals surface area (Å²) in [7, 11) is 1.22. The smallest absolute Gasteiger partial charge is 0.325 e. The van der Waals surface area contributed by atoms with Gasteiger partial charge in [-0.1, -0.05) is 0 Å². The van der Waals surface area contributed by atoms with Gasteiger partial charge < -0.3 is 39.4 Å². The van der Waals surface area contributed by atoms with E-state index in [9.17, 15) is 9.46 Å². The van der Waals surface area contributed by atoms with Gasteiger partial charge >= 0.3 is 6.72 Å². The van der Waals surface area contributed by atoms with Gasteiger partial charge in [0.25, 0.3) is 7.47 Å². The molecule has 0 spiro atoms. The van der Waals surface area contributed by atoms with Gasteiger partial charge in [-0.3, -0.25) is 18.2 Å². The second-order valence-corrected chi connectivity index (χ2v) is 14.4. The highest BCUT2D eigenvalue weighted by molar-refractivity contribution is 8.07. The van der Waals surface area contributed by atoms with Gasteiger partial charge in [0.1, 0.15) is 41.8 Å². The van der Waals surface area contributed by atoms with E-state index >= 15 is 8.78 Å². The summed E-state index contributed by atoms with van der Waals surface area (Å²) < 4.78 is 81.0. The maximum atomic E-state index is 16.0. The molecule has 3 aliphatic heterocycles. The Morgan fingerprint density at radius 2 is 1.59 bits per heavy atom. The maximum Gasteiger partial charge on any atom is 0.325 e. The van der Waals surface area contributed by atoms with Crippen LogP contribution in [0.1, 0.15) is 12.5 Å². The maximum absolute atomic E-state index is 16.0. The first-order chi connectivity index (χ1) is 20.9. The van der Waals surface area contributed by atoms with Crippen molar-refractivity contribution in [3.63, 3.8) is 0 Å². The third kappa shape index (κ3) is 5.20. The predicted molar refractivity (Wildman–Crippen MR) is 151 cm³/mol. The molecule has 5 N–H and O–H groups in total. The molecule has 2 unspecified atom stereocenters. The van der Waals surface area contributed by atoms with Crippen LogP contribution < -0.4 is 11.5 Å². The number of imidazole rings is 2. The Labute approximate surface area is 252 Å². The molecule has 3 fully saturated rings. The lowest BCUT2D eigenvalue weighted by atomic mass is 10.1. The molecule has 10 atom stereocenters. The monoisotopic (exact) mass is 671 g/mol. The van der Waals surface area contributed by atoms with Crippen molar-refractivity contribution in [2.24, 2.45) is 0 Å². The minimum Gasteiger partial charge on any atom is -0.397 e. The van der Waals surface area contributed by atoms with Crippen LogP contribution in [0.2, 0.25) is 0 Å². The van der Waals surface area contributed by atoms with Crippen LogP contribution in [0.15, 0.2) is 31.2 Å². The lowest BCUT2D eigenvalue weighted by Gasteiger charge is -2.27. The molecule has 17 nitrogen and oxygen atoms in total. The van der Waals surface area contributed by atoms with E-state index in [4.69, 9.17) is 58.4 Å². The number of ether oxygens (including phenoxy) is 2. The van der Waals surface area contributed by atoms with Crippen LogP contribution in [0.25, 0.3) is 22.3 Å². The third-order valence-corrected chi connectivity index (χ3v) is 9.91. The Kier molecular flexibility index (Phi) is 7.48. The number of hydrogen-bond donors (Lipinski definition) is 3. The second-order valence-electron chi connectivity index (χ2n) is 10.1. The number of hydrogen-bond acceptors (Lipinski definition) is 15. The molecule has 4 aromatic rings. The van der Waals surface area contributed by atoms with Crippen molar-refractivity contribution in [1.82, 2.24) is 34.1 Å². The largest absolute Gasteiger partial charge is 0.397 e. The van der Waals surface area contributed by atoms with Gasteiger partial charge in [-0.15, -0.1) is 0 Å². The summed E-state index contributed by atoms with van der Waals surface area (Å²) in [5, 5.41) is 0. The Morgan fingerprint density at radius 3 is 2.39 bits per heavy atom. The van der Waals surface area contributed by atoms with E-state index in [1.807, 2.05) is 0 Å². The van der Waals surface area contributed by atoms with E-state index in [1.165, 1.54) is 34.1 Å². The van der Waals surface area contributed by atoms with Crippen LogP contribution in [-0.4, -0.2) is 96.5 Å². The highest BCUT2D eigenvalue weighted by atomic mass is 32.5. The normalized spacial score (nSPS) is 38.2. The lowest BCUT2D eigenvalue weighted by molar-refractivity contribution is -0.0586. The molecule has 232 valence electrons. The Morgan fingerprint density at radius 1 is 0.909 bits per heavy atom. The number of aromatic nitrogens is 7. The van der Waals surface area contributed by atoms with Crippen molar-refractivity contribution in [2.45, 2.75) is 49.2 Å². The molecule has 0 saturated carbocycles. The molecular weight excluding hydrogens is 649 g/mol. The molecule has 0 aliphatic carbocycles. The lowest BCUT2D eigenvalue weighted by Crippen LogP contribution is -2.34. The van der Waals surface area contributed by atoms with Gasteiger partial charge in [-0.05, 0) is 17.9 Å². The first kappa shape index (κ1) is 30.0. The summed E-state index contributed by atoms with van der Waals surface area (Å²) in [6.07, 6.45) is -7.85. The Hall–Kier alpha value is -2.71. The molecule has 7 rings (SSSR count). The van der Waals surface area contributed by atoms with Crippen molar-refractivity contribution in [3.8, 4) is 0 Å². The van der Waals surface area contributed by atoms with Crippen LogP contribution in [-0.2, 0) is 43.9 Å². The Balaban J connectivity index is 1.20. The highest BCUT2D eigenvalue weighted by Gasteiger charge is 2.53. The fraction of sp³-hybridized carbons (Fsp3) is 0.476. The second kappa shape index (κ2) is 11.0. The molecular formula is C21H22BF2N9O8P2S. The van der Waals surface area contributed by atoms with Crippen molar-refractivity contribution < 1.29 is 45.8 Å². The van der Waals surface area contributed by atoms with E-state index in [-0.39, 0.29) is 22.6 Å². The number of halogens is 2. The van der Waals surface area contributed by atoms with Gasteiger partial charge in [0.15, 0.2) is 41.9 Å². The standard InChI is InChI=1S/C21H22BF2N9O8P2S/c22-42(34)36-3-9-11(23)16(21(38-9)33-6-30-13-8(25)1-2-27-18(13)33)41-43(35,44)37-4-10-15(40-42)12(24)20(39-10)32-7-31-14-17(26)28-5-29-19(14)32/h1-2,5-7,9-12,15-16,20-21H,3-4H2,(H2,25,27)(H,35,44)(H2,26,28,29)/t9-,10-,11+,12-,15-,16-,20-,21-,42?,43?/m1/s1. The van der Waals surface area contributed by atoms with Crippen molar-refractivity contribution in [3.05, 3.63) is 31.2 Å². The number of nitrogens with two attached hydrogens (primary N) is 2. The van der Waals surface area contributed by atoms with Gasteiger partial charge in [0.05, 0.1) is 31.6 Å². The average Bonchev–Trinajstić information content (AvgIpc) is 3.73. The molecule has 0 amide bonds. The molecule has 23 heteroatoms. The molecule has 3 saturated heterocycles. The van der Waals surface area contributed by atoms with E-state index in [0.29, 0.717) is 11.2 Å². The number of pyridine rings is 1. The molecule has 4 aromatic heterocycles. The van der Waals surface area contributed by atoms with Crippen molar-refractivity contribution >= 4 is 67.4 Å². The average molecular weight is 671 g/mol. The zero-order valence-corrected chi connectivity index (χ0v) is 24.8. The quantitative estimate of drug-likeness (QED) is 0.201. The first-order valence-corrected chi connectivity index (χ1v) is 17.1.